The molecule has 1 atom stereocenters. The van der Waals surface area contributed by atoms with Crippen LogP contribution in [0.15, 0.2) is 42.5 Å². The molecule has 1 N–H and O–H groups in total. The highest BCUT2D eigenvalue weighted by molar-refractivity contribution is 5.42. The zero-order valence-electron chi connectivity index (χ0n) is 13.2. The maximum absolute atomic E-state index is 9.73. The zero-order valence-corrected chi connectivity index (χ0v) is 13.2. The standard InChI is InChI=1S/C18H22O4/c1-20-16-7-4-13(5-8-16)15(12-19)10-14-6-9-17(21-2)11-18(14)22-3/h4-9,11,15,19H,10,12H2,1-3H3/t15-/m0/s1. The normalized spacial score (nSPS) is 11.8. The molecular weight excluding hydrogens is 280 g/mol. The van der Waals surface area contributed by atoms with Gasteiger partial charge in [0.2, 0.25) is 0 Å². The first kappa shape index (κ1) is 16.2. The largest absolute Gasteiger partial charge is 0.497 e. The molecule has 2 aromatic rings. The van der Waals surface area contributed by atoms with Crippen LogP contribution in [0.25, 0.3) is 0 Å². The lowest BCUT2D eigenvalue weighted by molar-refractivity contribution is 0.263. The van der Waals surface area contributed by atoms with Crippen molar-refractivity contribution in [3.8, 4) is 17.2 Å². The molecule has 0 amide bonds. The van der Waals surface area contributed by atoms with Crippen molar-refractivity contribution in [2.24, 2.45) is 0 Å². The van der Waals surface area contributed by atoms with Gasteiger partial charge in [0.15, 0.2) is 0 Å². The van der Waals surface area contributed by atoms with Gasteiger partial charge in [-0.25, -0.2) is 0 Å². The molecule has 2 rings (SSSR count). The third kappa shape index (κ3) is 3.71. The van der Waals surface area contributed by atoms with Gasteiger partial charge in [-0.1, -0.05) is 18.2 Å². The second kappa shape index (κ2) is 7.71. The van der Waals surface area contributed by atoms with Crippen molar-refractivity contribution in [2.75, 3.05) is 27.9 Å². The van der Waals surface area contributed by atoms with E-state index in [2.05, 4.69) is 0 Å². The Morgan fingerprint density at radius 2 is 1.50 bits per heavy atom. The molecule has 0 spiro atoms. The van der Waals surface area contributed by atoms with Crippen molar-refractivity contribution in [3.63, 3.8) is 0 Å². The Kier molecular flexibility index (Phi) is 5.67. The van der Waals surface area contributed by atoms with Crippen molar-refractivity contribution < 1.29 is 19.3 Å². The Balaban J connectivity index is 2.22. The number of benzene rings is 2. The summed E-state index contributed by atoms with van der Waals surface area (Å²) in [4.78, 5) is 0. The van der Waals surface area contributed by atoms with Crippen LogP contribution >= 0.6 is 0 Å². The molecule has 0 radical (unpaired) electrons. The van der Waals surface area contributed by atoms with Gasteiger partial charge in [0.25, 0.3) is 0 Å². The summed E-state index contributed by atoms with van der Waals surface area (Å²) in [5.74, 6) is 2.34. The molecule has 0 aromatic heterocycles. The molecular formula is C18H22O4. The Hall–Kier alpha value is -2.20. The third-order valence-electron chi connectivity index (χ3n) is 3.77. The van der Waals surface area contributed by atoms with Gasteiger partial charge < -0.3 is 19.3 Å². The number of aliphatic hydroxyl groups is 1. The van der Waals surface area contributed by atoms with Gasteiger partial charge in [-0.3, -0.25) is 0 Å². The molecule has 0 aliphatic rings. The van der Waals surface area contributed by atoms with E-state index in [1.807, 2.05) is 42.5 Å². The molecule has 0 unspecified atom stereocenters. The van der Waals surface area contributed by atoms with Gasteiger partial charge in [-0.05, 0) is 35.7 Å². The molecule has 4 heteroatoms. The van der Waals surface area contributed by atoms with Crippen molar-refractivity contribution >= 4 is 0 Å². The highest BCUT2D eigenvalue weighted by atomic mass is 16.5. The van der Waals surface area contributed by atoms with Gasteiger partial charge in [0.1, 0.15) is 17.2 Å². The third-order valence-corrected chi connectivity index (χ3v) is 3.77. The average molecular weight is 302 g/mol. The maximum Gasteiger partial charge on any atom is 0.125 e. The van der Waals surface area contributed by atoms with Crippen molar-refractivity contribution in [1.82, 2.24) is 0 Å². The number of aliphatic hydroxyl groups excluding tert-OH is 1. The van der Waals surface area contributed by atoms with Crippen molar-refractivity contribution in [2.45, 2.75) is 12.3 Å². The SMILES string of the molecule is COc1ccc([C@H](CO)Cc2ccc(OC)cc2OC)cc1. The molecule has 0 aliphatic heterocycles. The molecule has 0 saturated heterocycles. The van der Waals surface area contributed by atoms with E-state index in [-0.39, 0.29) is 12.5 Å². The van der Waals surface area contributed by atoms with Crippen LogP contribution in [0.2, 0.25) is 0 Å². The van der Waals surface area contributed by atoms with Gasteiger partial charge in [0.05, 0.1) is 27.9 Å². The number of rotatable bonds is 7. The number of hydrogen-bond donors (Lipinski definition) is 1. The fraction of sp³-hybridized carbons (Fsp3) is 0.333. The number of ether oxygens (including phenoxy) is 3. The van der Waals surface area contributed by atoms with Crippen LogP contribution in [0.1, 0.15) is 17.0 Å². The van der Waals surface area contributed by atoms with Crippen LogP contribution in [0.5, 0.6) is 17.2 Å². The van der Waals surface area contributed by atoms with E-state index in [1.54, 1.807) is 21.3 Å². The van der Waals surface area contributed by atoms with E-state index in [1.165, 1.54) is 0 Å². The number of methoxy groups -OCH3 is 3. The topological polar surface area (TPSA) is 47.9 Å². The Labute approximate surface area is 131 Å². The Morgan fingerprint density at radius 1 is 0.864 bits per heavy atom. The minimum atomic E-state index is 0.00759. The predicted molar refractivity (Wildman–Crippen MR) is 86.1 cm³/mol. The summed E-state index contributed by atoms with van der Waals surface area (Å²) in [6.07, 6.45) is 0.690. The van der Waals surface area contributed by atoms with Gasteiger partial charge in [-0.2, -0.15) is 0 Å². The quantitative estimate of drug-likeness (QED) is 0.854. The molecule has 0 fully saturated rings. The van der Waals surface area contributed by atoms with Crippen LogP contribution in [0.4, 0.5) is 0 Å². The molecule has 0 bridgehead atoms. The fourth-order valence-electron chi connectivity index (χ4n) is 2.45. The zero-order chi connectivity index (χ0) is 15.9. The smallest absolute Gasteiger partial charge is 0.125 e. The van der Waals surface area contributed by atoms with Crippen LogP contribution < -0.4 is 14.2 Å². The summed E-state index contributed by atoms with van der Waals surface area (Å²) in [6.45, 7) is 0.0709. The van der Waals surface area contributed by atoms with E-state index >= 15 is 0 Å². The van der Waals surface area contributed by atoms with Gasteiger partial charge in [0, 0.05) is 12.0 Å². The molecule has 0 saturated carbocycles. The molecule has 0 aliphatic carbocycles. The first-order chi connectivity index (χ1) is 10.7. The lowest BCUT2D eigenvalue weighted by atomic mass is 9.92. The van der Waals surface area contributed by atoms with Crippen LogP contribution in [0.3, 0.4) is 0 Å². The minimum absolute atomic E-state index is 0.00759. The molecule has 118 valence electrons. The Morgan fingerprint density at radius 3 is 2.05 bits per heavy atom. The summed E-state index contributed by atoms with van der Waals surface area (Å²) < 4.78 is 15.8. The van der Waals surface area contributed by atoms with Crippen molar-refractivity contribution in [3.05, 3.63) is 53.6 Å². The van der Waals surface area contributed by atoms with E-state index in [9.17, 15) is 5.11 Å². The van der Waals surface area contributed by atoms with Crippen molar-refractivity contribution in [1.29, 1.82) is 0 Å². The first-order valence-electron chi connectivity index (χ1n) is 7.17. The minimum Gasteiger partial charge on any atom is -0.497 e. The maximum atomic E-state index is 9.73. The first-order valence-corrected chi connectivity index (χ1v) is 7.17. The monoisotopic (exact) mass is 302 g/mol. The second-order valence-electron chi connectivity index (χ2n) is 5.03. The van der Waals surface area contributed by atoms with Crippen LogP contribution in [0, 0.1) is 0 Å². The van der Waals surface area contributed by atoms with E-state index < -0.39 is 0 Å². The Bertz CT molecular complexity index is 593. The molecule has 4 nitrogen and oxygen atoms in total. The van der Waals surface area contributed by atoms with Gasteiger partial charge >= 0.3 is 0 Å². The lowest BCUT2D eigenvalue weighted by Gasteiger charge is -2.17. The highest BCUT2D eigenvalue weighted by Crippen LogP contribution is 2.30. The summed E-state index contributed by atoms with van der Waals surface area (Å²) in [5.41, 5.74) is 2.11. The van der Waals surface area contributed by atoms with E-state index in [4.69, 9.17) is 14.2 Å². The van der Waals surface area contributed by atoms with Crippen LogP contribution in [-0.4, -0.2) is 33.0 Å². The fourth-order valence-corrected chi connectivity index (χ4v) is 2.45. The second-order valence-corrected chi connectivity index (χ2v) is 5.03. The summed E-state index contributed by atoms with van der Waals surface area (Å²) in [6, 6.07) is 13.5. The summed E-state index contributed by atoms with van der Waals surface area (Å²) >= 11 is 0. The van der Waals surface area contributed by atoms with E-state index in [0.29, 0.717) is 6.42 Å². The highest BCUT2D eigenvalue weighted by Gasteiger charge is 2.15. The molecule has 2 aromatic carbocycles. The van der Waals surface area contributed by atoms with Crippen LogP contribution in [-0.2, 0) is 6.42 Å². The molecule has 0 heterocycles. The molecule has 22 heavy (non-hydrogen) atoms. The summed E-state index contributed by atoms with van der Waals surface area (Å²) in [5, 5.41) is 9.73. The predicted octanol–water partition coefficient (Wildman–Crippen LogP) is 3.03. The lowest BCUT2D eigenvalue weighted by Crippen LogP contribution is -2.09. The van der Waals surface area contributed by atoms with Gasteiger partial charge in [-0.15, -0.1) is 0 Å². The average Bonchev–Trinajstić information content (AvgIpc) is 2.59. The summed E-state index contributed by atoms with van der Waals surface area (Å²) in [7, 11) is 4.91. The van der Waals surface area contributed by atoms with E-state index in [0.717, 1.165) is 28.4 Å². The number of hydrogen-bond acceptors (Lipinski definition) is 4.